The molecule has 0 saturated heterocycles. The maximum absolute atomic E-state index is 12.0. The molecule has 19 heavy (non-hydrogen) atoms. The second-order valence-electron chi connectivity index (χ2n) is 5.28. The summed E-state index contributed by atoms with van der Waals surface area (Å²) in [6, 6.07) is 5.16. The Morgan fingerprint density at radius 3 is 2.21 bits per heavy atom. The van der Waals surface area contributed by atoms with E-state index in [0.29, 0.717) is 5.56 Å². The van der Waals surface area contributed by atoms with Crippen molar-refractivity contribution in [1.29, 1.82) is 0 Å². The van der Waals surface area contributed by atoms with Crippen LogP contribution in [0, 0.1) is 0 Å². The summed E-state index contributed by atoms with van der Waals surface area (Å²) in [5.41, 5.74) is -0.188. The van der Waals surface area contributed by atoms with Crippen molar-refractivity contribution in [3.05, 3.63) is 29.8 Å². The number of phenols is 1. The van der Waals surface area contributed by atoms with Crippen LogP contribution in [0.5, 0.6) is 5.75 Å². The van der Waals surface area contributed by atoms with E-state index in [1.165, 1.54) is 24.3 Å². The largest absolute Gasteiger partial charge is 0.508 e. The van der Waals surface area contributed by atoms with Crippen molar-refractivity contribution in [1.82, 2.24) is 5.32 Å². The molecule has 5 nitrogen and oxygen atoms in total. The molecular formula is C14H19NO4. The standard InChI is InChI=1S/C14H19NO4/c1-9(15-13(18)19-14(2,3)4)12(17)10-5-7-11(16)8-6-10/h5-9,16H,1-4H3,(H,15,18). The number of nitrogens with one attached hydrogen (secondary N) is 1. The van der Waals surface area contributed by atoms with E-state index in [1.54, 1.807) is 27.7 Å². The van der Waals surface area contributed by atoms with Crippen LogP contribution in [0.1, 0.15) is 38.1 Å². The monoisotopic (exact) mass is 265 g/mol. The first-order valence-electron chi connectivity index (χ1n) is 6.02. The molecule has 0 fully saturated rings. The molecule has 1 aromatic rings. The average molecular weight is 265 g/mol. The number of Topliss-reactive ketones (excluding diaryl/α,β-unsaturated/α-hetero) is 1. The minimum Gasteiger partial charge on any atom is -0.508 e. The maximum Gasteiger partial charge on any atom is 0.408 e. The van der Waals surface area contributed by atoms with E-state index in [2.05, 4.69) is 5.32 Å². The number of amides is 1. The third-order valence-electron chi connectivity index (χ3n) is 2.28. The van der Waals surface area contributed by atoms with Gasteiger partial charge < -0.3 is 15.2 Å². The second kappa shape index (κ2) is 5.73. The number of rotatable bonds is 3. The van der Waals surface area contributed by atoms with Gasteiger partial charge in [0.25, 0.3) is 0 Å². The Morgan fingerprint density at radius 1 is 1.21 bits per heavy atom. The molecule has 0 radical (unpaired) electrons. The normalized spacial score (nSPS) is 12.6. The highest BCUT2D eigenvalue weighted by atomic mass is 16.6. The predicted molar refractivity (Wildman–Crippen MR) is 71.3 cm³/mol. The number of alkyl carbamates (subject to hydrolysis) is 1. The van der Waals surface area contributed by atoms with E-state index < -0.39 is 17.7 Å². The lowest BCUT2D eigenvalue weighted by molar-refractivity contribution is 0.0496. The van der Waals surface area contributed by atoms with Crippen molar-refractivity contribution in [3.63, 3.8) is 0 Å². The highest BCUT2D eigenvalue weighted by Gasteiger charge is 2.21. The van der Waals surface area contributed by atoms with Gasteiger partial charge in [0.05, 0.1) is 6.04 Å². The molecule has 0 bridgehead atoms. The minimum absolute atomic E-state index is 0.0873. The predicted octanol–water partition coefficient (Wildman–Crippen LogP) is 2.49. The third-order valence-corrected chi connectivity index (χ3v) is 2.28. The molecule has 0 aromatic heterocycles. The Bertz CT molecular complexity index is 459. The van der Waals surface area contributed by atoms with Gasteiger partial charge in [-0.3, -0.25) is 4.79 Å². The zero-order chi connectivity index (χ0) is 14.6. The molecule has 1 aromatic carbocycles. The fraction of sp³-hybridized carbons (Fsp3) is 0.429. The van der Waals surface area contributed by atoms with Crippen LogP contribution in [0.25, 0.3) is 0 Å². The van der Waals surface area contributed by atoms with Crippen LogP contribution in [-0.2, 0) is 4.74 Å². The van der Waals surface area contributed by atoms with E-state index >= 15 is 0 Å². The van der Waals surface area contributed by atoms with E-state index in [-0.39, 0.29) is 11.5 Å². The number of benzene rings is 1. The van der Waals surface area contributed by atoms with Crippen LogP contribution < -0.4 is 5.32 Å². The molecule has 104 valence electrons. The minimum atomic E-state index is -0.695. The van der Waals surface area contributed by atoms with Crippen LogP contribution >= 0.6 is 0 Å². The molecule has 2 N–H and O–H groups in total. The van der Waals surface area contributed by atoms with Gasteiger partial charge in [-0.1, -0.05) is 0 Å². The van der Waals surface area contributed by atoms with Gasteiger partial charge >= 0.3 is 6.09 Å². The van der Waals surface area contributed by atoms with Crippen LogP contribution in [0.2, 0.25) is 0 Å². The Hall–Kier alpha value is -2.04. The van der Waals surface area contributed by atoms with Crippen LogP contribution in [0.15, 0.2) is 24.3 Å². The van der Waals surface area contributed by atoms with Gasteiger partial charge in [0.1, 0.15) is 11.4 Å². The first-order chi connectivity index (χ1) is 8.69. The van der Waals surface area contributed by atoms with Gasteiger partial charge in [-0.05, 0) is 52.0 Å². The summed E-state index contributed by atoms with van der Waals surface area (Å²) in [5.74, 6) is -0.157. The Labute approximate surface area is 112 Å². The molecular weight excluding hydrogens is 246 g/mol. The van der Waals surface area contributed by atoms with Crippen molar-refractivity contribution in [3.8, 4) is 5.75 Å². The van der Waals surface area contributed by atoms with E-state index in [1.807, 2.05) is 0 Å². The number of hydrogen-bond acceptors (Lipinski definition) is 4. The van der Waals surface area contributed by atoms with E-state index in [0.717, 1.165) is 0 Å². The van der Waals surface area contributed by atoms with Crippen molar-refractivity contribution < 1.29 is 19.4 Å². The summed E-state index contributed by atoms with van der Waals surface area (Å²) in [5, 5.41) is 11.6. The lowest BCUT2D eigenvalue weighted by Crippen LogP contribution is -2.41. The maximum atomic E-state index is 12.0. The molecule has 5 heteroatoms. The summed E-state index contributed by atoms with van der Waals surface area (Å²) in [6.07, 6.45) is -0.632. The quantitative estimate of drug-likeness (QED) is 0.823. The molecule has 1 amide bonds. The summed E-state index contributed by atoms with van der Waals surface area (Å²) in [7, 11) is 0. The zero-order valence-corrected chi connectivity index (χ0v) is 11.6. The molecule has 0 aliphatic carbocycles. The van der Waals surface area contributed by atoms with E-state index in [4.69, 9.17) is 9.84 Å². The van der Waals surface area contributed by atoms with Crippen molar-refractivity contribution in [2.45, 2.75) is 39.3 Å². The zero-order valence-electron chi connectivity index (χ0n) is 11.6. The molecule has 0 heterocycles. The SMILES string of the molecule is CC(NC(=O)OC(C)(C)C)C(=O)c1ccc(O)cc1. The number of aromatic hydroxyl groups is 1. The number of ether oxygens (including phenoxy) is 1. The van der Waals surface area contributed by atoms with Gasteiger partial charge in [-0.2, -0.15) is 0 Å². The highest BCUT2D eigenvalue weighted by molar-refractivity contribution is 6.01. The molecule has 0 spiro atoms. The smallest absolute Gasteiger partial charge is 0.408 e. The van der Waals surface area contributed by atoms with Crippen LogP contribution in [-0.4, -0.2) is 28.6 Å². The van der Waals surface area contributed by atoms with Gasteiger partial charge in [0.2, 0.25) is 0 Å². The van der Waals surface area contributed by atoms with Crippen molar-refractivity contribution >= 4 is 11.9 Å². The molecule has 0 saturated carbocycles. The topological polar surface area (TPSA) is 75.6 Å². The highest BCUT2D eigenvalue weighted by Crippen LogP contribution is 2.12. The number of hydrogen-bond donors (Lipinski definition) is 2. The van der Waals surface area contributed by atoms with Crippen molar-refractivity contribution in [2.75, 3.05) is 0 Å². The summed E-state index contributed by atoms with van der Waals surface area (Å²) >= 11 is 0. The molecule has 1 rings (SSSR count). The van der Waals surface area contributed by atoms with E-state index in [9.17, 15) is 9.59 Å². The Kier molecular flexibility index (Phi) is 4.53. The first-order valence-corrected chi connectivity index (χ1v) is 6.02. The second-order valence-corrected chi connectivity index (χ2v) is 5.28. The fourth-order valence-corrected chi connectivity index (χ4v) is 1.43. The molecule has 0 aliphatic rings. The third kappa shape index (κ3) is 4.99. The summed E-state index contributed by atoms with van der Waals surface area (Å²) in [6.45, 7) is 6.83. The van der Waals surface area contributed by atoms with Crippen LogP contribution in [0.3, 0.4) is 0 Å². The first kappa shape index (κ1) is 15.0. The number of phenolic OH excluding ortho intramolecular Hbond substituents is 1. The van der Waals surface area contributed by atoms with Gasteiger partial charge in [-0.25, -0.2) is 4.79 Å². The summed E-state index contributed by atoms with van der Waals surface area (Å²) < 4.78 is 5.07. The lowest BCUT2D eigenvalue weighted by atomic mass is 10.1. The molecule has 1 atom stereocenters. The Morgan fingerprint density at radius 2 is 1.74 bits per heavy atom. The summed E-state index contributed by atoms with van der Waals surface area (Å²) in [4.78, 5) is 23.5. The number of carbonyl (C=O) groups is 2. The Balaban J connectivity index is 2.63. The van der Waals surface area contributed by atoms with Gasteiger partial charge in [0, 0.05) is 5.56 Å². The average Bonchev–Trinajstić information content (AvgIpc) is 2.26. The van der Waals surface area contributed by atoms with Crippen molar-refractivity contribution in [2.24, 2.45) is 0 Å². The van der Waals surface area contributed by atoms with Gasteiger partial charge in [-0.15, -0.1) is 0 Å². The fourth-order valence-electron chi connectivity index (χ4n) is 1.43. The molecule has 1 unspecified atom stereocenters. The lowest BCUT2D eigenvalue weighted by Gasteiger charge is -2.21. The van der Waals surface area contributed by atoms with Gasteiger partial charge in [0.15, 0.2) is 5.78 Å². The van der Waals surface area contributed by atoms with Crippen LogP contribution in [0.4, 0.5) is 4.79 Å². The number of ketones is 1. The molecule has 0 aliphatic heterocycles. The number of carbonyl (C=O) groups excluding carboxylic acids is 2.